The third kappa shape index (κ3) is 4.00. The molecular weight excluding hydrogens is 368 g/mol. The third-order valence-corrected chi connectivity index (χ3v) is 7.20. The predicted octanol–water partition coefficient (Wildman–Crippen LogP) is 2.89. The molecule has 0 spiro atoms. The summed E-state index contributed by atoms with van der Waals surface area (Å²) in [6, 6.07) is 9.06. The average molecular weight is 393 g/mol. The second kappa shape index (κ2) is 7.50. The average Bonchev–Trinajstić information content (AvgIpc) is 3.05. The minimum Gasteiger partial charge on any atom is -0.351 e. The summed E-state index contributed by atoms with van der Waals surface area (Å²) < 4.78 is 23.0. The molecule has 3 rings (SSSR count). The second-order valence-corrected chi connectivity index (χ2v) is 9.79. The molecule has 1 amide bonds. The molecule has 1 aliphatic heterocycles. The first-order valence-corrected chi connectivity index (χ1v) is 11.4. The van der Waals surface area contributed by atoms with Crippen molar-refractivity contribution in [2.45, 2.75) is 37.2 Å². The monoisotopic (exact) mass is 392 g/mol. The Morgan fingerprint density at radius 3 is 2.58 bits per heavy atom. The smallest absolute Gasteiger partial charge is 0.251 e. The Balaban J connectivity index is 1.57. The van der Waals surface area contributed by atoms with Crippen molar-refractivity contribution in [2.75, 3.05) is 19.3 Å². The fraction of sp³-hybridized carbons (Fsp3) is 0.421. The molecule has 140 valence electrons. The lowest BCUT2D eigenvalue weighted by Gasteiger charge is -2.38. The van der Waals surface area contributed by atoms with Gasteiger partial charge in [0.25, 0.3) is 5.91 Å². The van der Waals surface area contributed by atoms with Crippen LogP contribution in [0.3, 0.4) is 0 Å². The molecule has 2 aromatic rings. The van der Waals surface area contributed by atoms with Crippen molar-refractivity contribution in [1.82, 2.24) is 10.2 Å². The Labute approximate surface area is 159 Å². The first-order valence-electron chi connectivity index (χ1n) is 8.67. The summed E-state index contributed by atoms with van der Waals surface area (Å²) in [6.45, 7) is 5.79. The topological polar surface area (TPSA) is 66.5 Å². The molecule has 26 heavy (non-hydrogen) atoms. The fourth-order valence-corrected chi connectivity index (χ4v) is 5.16. The molecule has 0 saturated carbocycles. The number of amides is 1. The van der Waals surface area contributed by atoms with Crippen LogP contribution in [0, 0.1) is 0 Å². The Bertz CT molecular complexity index is 888. The molecule has 1 aromatic heterocycles. The quantitative estimate of drug-likeness (QED) is 0.850. The van der Waals surface area contributed by atoms with Crippen LogP contribution in [0.25, 0.3) is 0 Å². The van der Waals surface area contributed by atoms with Gasteiger partial charge >= 0.3 is 0 Å². The van der Waals surface area contributed by atoms with Gasteiger partial charge in [0.1, 0.15) is 0 Å². The van der Waals surface area contributed by atoms with E-state index < -0.39 is 9.84 Å². The van der Waals surface area contributed by atoms with Gasteiger partial charge in [-0.2, -0.15) is 0 Å². The van der Waals surface area contributed by atoms with Crippen LogP contribution in [0.1, 0.15) is 40.7 Å². The SMILES string of the molecule is CC1Cc2ccsc2C(C)N1CCNC(=O)c1ccc(S(C)(=O)=O)cc1. The molecule has 2 atom stereocenters. The molecule has 2 heterocycles. The van der Waals surface area contributed by atoms with Gasteiger partial charge < -0.3 is 5.32 Å². The molecule has 1 aromatic carbocycles. The lowest BCUT2D eigenvalue weighted by atomic mass is 9.97. The van der Waals surface area contributed by atoms with Crippen LogP contribution in [0.2, 0.25) is 0 Å². The maximum absolute atomic E-state index is 12.3. The van der Waals surface area contributed by atoms with E-state index in [1.54, 1.807) is 23.5 Å². The highest BCUT2D eigenvalue weighted by atomic mass is 32.2. The largest absolute Gasteiger partial charge is 0.351 e. The van der Waals surface area contributed by atoms with Crippen molar-refractivity contribution in [3.05, 3.63) is 51.7 Å². The van der Waals surface area contributed by atoms with Crippen LogP contribution < -0.4 is 5.32 Å². The van der Waals surface area contributed by atoms with Gasteiger partial charge in [0, 0.05) is 41.9 Å². The van der Waals surface area contributed by atoms with Crippen LogP contribution in [0.5, 0.6) is 0 Å². The molecule has 5 nitrogen and oxygen atoms in total. The molecule has 0 radical (unpaired) electrons. The summed E-state index contributed by atoms with van der Waals surface area (Å²) in [4.78, 5) is 16.4. The van der Waals surface area contributed by atoms with E-state index in [4.69, 9.17) is 0 Å². The number of benzene rings is 1. The summed E-state index contributed by atoms with van der Waals surface area (Å²) in [5.74, 6) is -0.181. The second-order valence-electron chi connectivity index (χ2n) is 6.83. The maximum Gasteiger partial charge on any atom is 0.251 e. The van der Waals surface area contributed by atoms with E-state index in [0.29, 0.717) is 24.2 Å². The normalized spacial score (nSPS) is 20.6. The zero-order valence-corrected chi connectivity index (χ0v) is 16.9. The number of fused-ring (bicyclic) bond motifs is 1. The van der Waals surface area contributed by atoms with Gasteiger partial charge in [0.15, 0.2) is 9.84 Å². The van der Waals surface area contributed by atoms with E-state index in [-0.39, 0.29) is 10.8 Å². The highest BCUT2D eigenvalue weighted by Crippen LogP contribution is 2.35. The van der Waals surface area contributed by atoms with Gasteiger partial charge in [0.2, 0.25) is 0 Å². The number of nitrogens with one attached hydrogen (secondary N) is 1. The lowest BCUT2D eigenvalue weighted by Crippen LogP contribution is -2.44. The zero-order chi connectivity index (χ0) is 18.9. The first-order chi connectivity index (χ1) is 12.3. The number of carbonyl (C=O) groups is 1. The molecule has 0 aliphatic carbocycles. The van der Waals surface area contributed by atoms with Crippen molar-refractivity contribution in [3.8, 4) is 0 Å². The van der Waals surface area contributed by atoms with Gasteiger partial charge in [-0.3, -0.25) is 9.69 Å². The van der Waals surface area contributed by atoms with Gasteiger partial charge in [0.05, 0.1) is 4.90 Å². The molecule has 0 fully saturated rings. The van der Waals surface area contributed by atoms with Crippen molar-refractivity contribution in [3.63, 3.8) is 0 Å². The minimum absolute atomic E-state index is 0.181. The van der Waals surface area contributed by atoms with Gasteiger partial charge in [-0.1, -0.05) is 0 Å². The van der Waals surface area contributed by atoms with E-state index in [1.165, 1.54) is 22.6 Å². The number of thiophene rings is 1. The molecule has 7 heteroatoms. The molecule has 0 saturated heterocycles. The van der Waals surface area contributed by atoms with Crippen LogP contribution in [0.15, 0.2) is 40.6 Å². The predicted molar refractivity (Wildman–Crippen MR) is 104 cm³/mol. The van der Waals surface area contributed by atoms with Crippen LogP contribution in [-0.2, 0) is 16.3 Å². The summed E-state index contributed by atoms with van der Waals surface area (Å²) in [6.07, 6.45) is 2.20. The van der Waals surface area contributed by atoms with Crippen LogP contribution in [0.4, 0.5) is 0 Å². The van der Waals surface area contributed by atoms with Gasteiger partial charge in [-0.25, -0.2) is 8.42 Å². The summed E-state index contributed by atoms with van der Waals surface area (Å²) in [5, 5.41) is 5.09. The molecular formula is C19H24N2O3S2. The number of hydrogen-bond acceptors (Lipinski definition) is 5. The van der Waals surface area contributed by atoms with Crippen molar-refractivity contribution in [2.24, 2.45) is 0 Å². The van der Waals surface area contributed by atoms with Gasteiger partial charge in [-0.15, -0.1) is 11.3 Å². The highest BCUT2D eigenvalue weighted by molar-refractivity contribution is 7.90. The molecule has 0 bridgehead atoms. The molecule has 1 N–H and O–H groups in total. The third-order valence-electron chi connectivity index (χ3n) is 4.94. The summed E-state index contributed by atoms with van der Waals surface area (Å²) in [5.41, 5.74) is 1.92. The number of carbonyl (C=O) groups excluding carboxylic acids is 1. The summed E-state index contributed by atoms with van der Waals surface area (Å²) >= 11 is 1.80. The van der Waals surface area contributed by atoms with E-state index in [2.05, 4.69) is 35.5 Å². The van der Waals surface area contributed by atoms with E-state index >= 15 is 0 Å². The van der Waals surface area contributed by atoms with Gasteiger partial charge in [-0.05, 0) is 61.5 Å². The standard InChI is InChI=1S/C19H24N2O3S2/c1-13-12-16-8-11-25-18(16)14(2)21(13)10-9-20-19(22)15-4-6-17(7-5-15)26(3,23)24/h4-8,11,13-14H,9-10,12H2,1-3H3,(H,20,22). The van der Waals surface area contributed by atoms with Crippen molar-refractivity contribution >= 4 is 27.1 Å². The fourth-order valence-electron chi connectivity index (χ4n) is 3.52. The van der Waals surface area contributed by atoms with Crippen LogP contribution in [-0.4, -0.2) is 44.6 Å². The molecule has 1 aliphatic rings. The number of rotatable bonds is 5. The Hall–Kier alpha value is -1.70. The maximum atomic E-state index is 12.3. The first kappa shape index (κ1) is 19.1. The van der Waals surface area contributed by atoms with Crippen molar-refractivity contribution in [1.29, 1.82) is 0 Å². The van der Waals surface area contributed by atoms with E-state index in [0.717, 1.165) is 19.2 Å². The molecule has 2 unspecified atom stereocenters. The van der Waals surface area contributed by atoms with Crippen molar-refractivity contribution < 1.29 is 13.2 Å². The highest BCUT2D eigenvalue weighted by Gasteiger charge is 2.29. The number of nitrogens with zero attached hydrogens (tertiary/aromatic N) is 1. The number of sulfone groups is 1. The Morgan fingerprint density at radius 1 is 1.23 bits per heavy atom. The Morgan fingerprint density at radius 2 is 1.92 bits per heavy atom. The lowest BCUT2D eigenvalue weighted by molar-refractivity contribution is 0.0930. The van der Waals surface area contributed by atoms with Crippen LogP contribution >= 0.6 is 11.3 Å². The van der Waals surface area contributed by atoms with E-state index in [1.807, 2.05) is 0 Å². The van der Waals surface area contributed by atoms with E-state index in [9.17, 15) is 13.2 Å². The zero-order valence-electron chi connectivity index (χ0n) is 15.2. The number of hydrogen-bond donors (Lipinski definition) is 1. The minimum atomic E-state index is -3.25. The summed E-state index contributed by atoms with van der Waals surface area (Å²) in [7, 11) is -3.25. The Kier molecular flexibility index (Phi) is 5.50.